The van der Waals surface area contributed by atoms with E-state index in [1.165, 1.54) is 93.1 Å². The minimum atomic E-state index is -4.51. The van der Waals surface area contributed by atoms with Gasteiger partial charge in [-0.25, -0.2) is 8.42 Å². The van der Waals surface area contributed by atoms with E-state index in [2.05, 4.69) is 13.8 Å². The van der Waals surface area contributed by atoms with Crippen LogP contribution in [-0.2, 0) is 33.1 Å². The molecule has 4 aromatic rings. The molecule has 284 valence electrons. The minimum absolute atomic E-state index is 0. The van der Waals surface area contributed by atoms with Crippen LogP contribution < -0.4 is 14.6 Å². The van der Waals surface area contributed by atoms with Crippen LogP contribution in [0.4, 0.5) is 0 Å². The molecule has 0 amide bonds. The molecule has 0 aliphatic carbocycles. The molecule has 0 radical (unpaired) electrons. The van der Waals surface area contributed by atoms with Gasteiger partial charge in [-0.15, -0.1) is 5.75 Å². The van der Waals surface area contributed by atoms with E-state index in [0.717, 1.165) is 44.1 Å². The van der Waals surface area contributed by atoms with Gasteiger partial charge in [0.25, 0.3) is 10.1 Å². The van der Waals surface area contributed by atoms with Gasteiger partial charge in [0.1, 0.15) is 38.9 Å². The number of phenolic OH excluding ortho intramolecular Hbond substituents is 1. The van der Waals surface area contributed by atoms with Gasteiger partial charge in [0.2, 0.25) is 0 Å². The standard InChI is InChI=1S/2C20H26O5S.Ca/c2*1-2-3-4-5-6-7-8-16-15-19(26(22,23)24)13-14-20(16)25-18-11-9-17(21)10-12-18;/h2*9-15,21H,2-8H2,1H3,(H,22,23,24);/q;;+2/p-2. The number of benzene rings is 4. The molecule has 0 spiro atoms. The zero-order valence-corrected chi connectivity index (χ0v) is 34.5. The smallest absolute Gasteiger partial charge is 0.872 e. The summed E-state index contributed by atoms with van der Waals surface area (Å²) in [6, 6.07) is 20.8. The van der Waals surface area contributed by atoms with E-state index in [4.69, 9.17) is 9.47 Å². The molecule has 0 bridgehead atoms. The van der Waals surface area contributed by atoms with Crippen molar-refractivity contribution < 1.29 is 45.6 Å². The number of ether oxygens (including phenoxy) is 2. The van der Waals surface area contributed by atoms with E-state index in [1.807, 2.05) is 0 Å². The Morgan fingerprint density at radius 2 is 0.962 bits per heavy atom. The Balaban J connectivity index is 0.000000360. The van der Waals surface area contributed by atoms with Crippen molar-refractivity contribution in [2.45, 2.75) is 114 Å². The summed E-state index contributed by atoms with van der Waals surface area (Å²) in [6.07, 6.45) is 14.7. The summed E-state index contributed by atoms with van der Waals surface area (Å²) in [5.41, 5.74) is 1.42. The Morgan fingerprint density at radius 3 is 1.40 bits per heavy atom. The topological polar surface area (TPSA) is 173 Å². The van der Waals surface area contributed by atoms with Crippen LogP contribution in [0.1, 0.15) is 102 Å². The molecule has 0 aromatic heterocycles. The predicted molar refractivity (Wildman–Crippen MR) is 205 cm³/mol. The molecule has 10 nitrogen and oxygen atoms in total. The average molecular weight is 795 g/mol. The maximum atomic E-state index is 11.4. The number of hydrogen-bond donors (Lipinski definition) is 2. The van der Waals surface area contributed by atoms with Crippen molar-refractivity contribution in [3.05, 3.63) is 96.1 Å². The van der Waals surface area contributed by atoms with Crippen molar-refractivity contribution in [2.75, 3.05) is 0 Å². The van der Waals surface area contributed by atoms with Crippen LogP contribution in [0.15, 0.2) is 94.7 Å². The molecule has 0 heterocycles. The molecule has 0 fully saturated rings. The van der Waals surface area contributed by atoms with Crippen molar-refractivity contribution in [1.82, 2.24) is 0 Å². The molecule has 2 N–H and O–H groups in total. The van der Waals surface area contributed by atoms with Crippen LogP contribution in [-0.4, -0.2) is 68.8 Å². The first-order valence-corrected chi connectivity index (χ1v) is 20.8. The number of hydrogen-bond acceptors (Lipinski definition) is 9. The third kappa shape index (κ3) is 17.4. The first kappa shape index (κ1) is 46.3. The first-order chi connectivity index (χ1) is 24.8. The summed E-state index contributed by atoms with van der Waals surface area (Å²) >= 11 is 0. The van der Waals surface area contributed by atoms with E-state index < -0.39 is 20.2 Å². The third-order valence-corrected chi connectivity index (χ3v) is 10.0. The zero-order chi connectivity index (χ0) is 38.0. The number of phenols is 1. The molecule has 4 aromatic carbocycles. The van der Waals surface area contributed by atoms with E-state index in [-0.39, 0.29) is 59.0 Å². The Hall–Kier alpha value is -2.84. The van der Waals surface area contributed by atoms with E-state index in [9.17, 15) is 36.2 Å². The molecule has 0 aliphatic rings. The molecular weight excluding hydrogens is 745 g/mol. The van der Waals surface area contributed by atoms with Gasteiger partial charge >= 0.3 is 37.7 Å². The van der Waals surface area contributed by atoms with E-state index in [1.54, 1.807) is 30.3 Å². The van der Waals surface area contributed by atoms with Crippen LogP contribution in [0.3, 0.4) is 0 Å². The van der Waals surface area contributed by atoms with Crippen LogP contribution in [0, 0.1) is 0 Å². The van der Waals surface area contributed by atoms with Crippen LogP contribution >= 0.6 is 0 Å². The maximum absolute atomic E-state index is 11.4. The maximum Gasteiger partial charge on any atom is 2.00 e. The molecule has 0 aliphatic heterocycles. The molecule has 53 heavy (non-hydrogen) atoms. The summed E-state index contributed by atoms with van der Waals surface area (Å²) in [6.45, 7) is 4.34. The molecular formula is C40H50CaO10S2. The molecule has 0 saturated carbocycles. The van der Waals surface area contributed by atoms with Crippen molar-refractivity contribution in [2.24, 2.45) is 0 Å². The third-order valence-electron chi connectivity index (χ3n) is 8.37. The molecule has 0 atom stereocenters. The van der Waals surface area contributed by atoms with Crippen LogP contribution in [0.5, 0.6) is 34.5 Å². The van der Waals surface area contributed by atoms with Gasteiger partial charge in [-0.1, -0.05) is 90.2 Å². The largest absolute Gasteiger partial charge is 2.00 e. The summed E-state index contributed by atoms with van der Waals surface area (Å²) in [5.74, 6) is 2.13. The monoisotopic (exact) mass is 794 g/mol. The second-order valence-corrected chi connectivity index (χ2v) is 15.5. The summed E-state index contributed by atoms with van der Waals surface area (Å²) in [4.78, 5) is -0.378. The van der Waals surface area contributed by atoms with Crippen molar-refractivity contribution in [1.29, 1.82) is 0 Å². The molecule has 4 rings (SSSR count). The fraction of sp³-hybridized carbons (Fsp3) is 0.400. The van der Waals surface area contributed by atoms with Gasteiger partial charge in [0, 0.05) is 0 Å². The SMILES string of the molecule is CCCCCCCCc1cc(S(=O)(=O)O)ccc1Oc1ccc(O)cc1.CCCCCCCCc1cc(S(=O)(=O)[O-])ccc1Oc1ccc([O-])cc1.[Ca+2]. The fourth-order valence-electron chi connectivity index (χ4n) is 5.48. The average Bonchev–Trinajstić information content (AvgIpc) is 3.10. The van der Waals surface area contributed by atoms with Gasteiger partial charge in [-0.05, 0) is 110 Å². The number of aromatic hydroxyl groups is 1. The summed E-state index contributed by atoms with van der Waals surface area (Å²) < 4.78 is 77.7. The van der Waals surface area contributed by atoms with Gasteiger partial charge in [0.05, 0.1) is 9.79 Å². The van der Waals surface area contributed by atoms with Crippen LogP contribution in [0.2, 0.25) is 0 Å². The number of aryl methyl sites for hydroxylation is 2. The predicted octanol–water partition coefficient (Wildman–Crippen LogP) is 9.31. The van der Waals surface area contributed by atoms with Crippen molar-refractivity contribution in [3.8, 4) is 34.5 Å². The fourth-order valence-corrected chi connectivity index (χ4v) is 6.54. The van der Waals surface area contributed by atoms with Crippen LogP contribution in [0.25, 0.3) is 0 Å². The van der Waals surface area contributed by atoms with Crippen molar-refractivity contribution >= 4 is 58.0 Å². The Morgan fingerprint density at radius 1 is 0.566 bits per heavy atom. The van der Waals surface area contributed by atoms with Gasteiger partial charge in [0.15, 0.2) is 0 Å². The van der Waals surface area contributed by atoms with Gasteiger partial charge < -0.3 is 24.2 Å². The molecule has 13 heteroatoms. The second kappa shape index (κ2) is 23.8. The second-order valence-electron chi connectivity index (χ2n) is 12.7. The van der Waals surface area contributed by atoms with E-state index in [0.29, 0.717) is 41.4 Å². The summed E-state index contributed by atoms with van der Waals surface area (Å²) in [7, 11) is -8.76. The zero-order valence-electron chi connectivity index (χ0n) is 30.7. The number of rotatable bonds is 20. The minimum Gasteiger partial charge on any atom is -0.872 e. The van der Waals surface area contributed by atoms with Gasteiger partial charge in [-0.2, -0.15) is 8.42 Å². The normalized spacial score (nSPS) is 11.2. The Kier molecular flexibility index (Phi) is 20.8. The first-order valence-electron chi connectivity index (χ1n) is 17.9. The van der Waals surface area contributed by atoms with E-state index >= 15 is 0 Å². The van der Waals surface area contributed by atoms with Gasteiger partial charge in [-0.3, -0.25) is 4.55 Å². The summed E-state index contributed by atoms with van der Waals surface area (Å²) in [5, 5.41) is 20.5. The quantitative estimate of drug-likeness (QED) is 0.0499. The molecule has 0 unspecified atom stereocenters. The Bertz CT molecular complexity index is 1740. The Labute approximate surface area is 345 Å². The number of unbranched alkanes of at least 4 members (excludes halogenated alkanes) is 10. The van der Waals surface area contributed by atoms with Crippen molar-refractivity contribution in [3.63, 3.8) is 0 Å². The molecule has 0 saturated heterocycles.